The lowest BCUT2D eigenvalue weighted by Gasteiger charge is -2.29. The Kier molecular flexibility index (Phi) is 5.47. The first kappa shape index (κ1) is 20.4. The van der Waals surface area contributed by atoms with Crippen LogP contribution in [0.2, 0.25) is 0 Å². The topological polar surface area (TPSA) is 66.8 Å². The predicted octanol–water partition coefficient (Wildman–Crippen LogP) is 3.46. The zero-order valence-corrected chi connectivity index (χ0v) is 18.3. The number of benzene rings is 1. The fraction of sp³-hybridized carbons (Fsp3) is 0.600. The highest BCUT2D eigenvalue weighted by molar-refractivity contribution is 8.16. The van der Waals surface area contributed by atoms with Crippen molar-refractivity contribution in [1.29, 1.82) is 0 Å². The van der Waals surface area contributed by atoms with Crippen molar-refractivity contribution in [1.82, 2.24) is 0 Å². The molecule has 2 aliphatic heterocycles. The standard InChI is InChI=1S/C20H28N2O3S2/c1-6-13-9-8-10-14(7-2)17(13)22-15-11-27(24,25)12-16(15)26-19(22)21-18(23)20(3,4)5/h8-10,15-16H,6-7,11-12H2,1-5H3/t15-,16-/m1/s1. The maximum atomic E-state index is 12.6. The summed E-state index contributed by atoms with van der Waals surface area (Å²) < 4.78 is 24.5. The van der Waals surface area contributed by atoms with Gasteiger partial charge in [-0.25, -0.2) is 8.42 Å². The lowest BCUT2D eigenvalue weighted by atomic mass is 9.96. The lowest BCUT2D eigenvalue weighted by Crippen LogP contribution is -2.39. The molecule has 2 heterocycles. The average molecular weight is 409 g/mol. The third-order valence-electron chi connectivity index (χ3n) is 5.11. The van der Waals surface area contributed by atoms with Crippen LogP contribution in [-0.2, 0) is 27.5 Å². The Balaban J connectivity index is 2.15. The van der Waals surface area contributed by atoms with Crippen LogP contribution >= 0.6 is 11.8 Å². The van der Waals surface area contributed by atoms with Gasteiger partial charge in [-0.05, 0) is 24.0 Å². The smallest absolute Gasteiger partial charge is 0.253 e. The van der Waals surface area contributed by atoms with Crippen LogP contribution in [-0.4, -0.2) is 42.3 Å². The number of aliphatic imine (C=N–C) groups is 1. The lowest BCUT2D eigenvalue weighted by molar-refractivity contribution is -0.124. The van der Waals surface area contributed by atoms with Gasteiger partial charge in [-0.15, -0.1) is 0 Å². The number of anilines is 1. The SMILES string of the molecule is CCc1cccc(CC)c1N1C(=NC(=O)C(C)(C)C)S[C@@H]2CS(=O)(=O)C[C@H]21. The minimum absolute atomic E-state index is 0.0730. The monoisotopic (exact) mass is 408 g/mol. The number of nitrogens with zero attached hydrogens (tertiary/aromatic N) is 2. The van der Waals surface area contributed by atoms with Crippen LogP contribution in [0.15, 0.2) is 23.2 Å². The summed E-state index contributed by atoms with van der Waals surface area (Å²) in [5.74, 6) is 0.0937. The van der Waals surface area contributed by atoms with Gasteiger partial charge in [-0.1, -0.05) is 64.6 Å². The second-order valence-electron chi connectivity index (χ2n) is 8.25. The number of hydrogen-bond acceptors (Lipinski definition) is 4. The molecule has 0 radical (unpaired) electrons. The molecule has 2 fully saturated rings. The van der Waals surface area contributed by atoms with E-state index in [0.29, 0.717) is 5.17 Å². The second-order valence-corrected chi connectivity index (χ2v) is 11.6. The normalized spacial score (nSPS) is 25.8. The van der Waals surface area contributed by atoms with E-state index in [-0.39, 0.29) is 28.7 Å². The number of rotatable bonds is 3. The fourth-order valence-corrected chi connectivity index (χ4v) is 7.50. The molecule has 1 aromatic carbocycles. The Morgan fingerprint density at radius 2 is 1.78 bits per heavy atom. The Labute approximate surface area is 166 Å². The van der Waals surface area contributed by atoms with Crippen molar-refractivity contribution in [2.24, 2.45) is 10.4 Å². The molecule has 0 N–H and O–H groups in total. The first-order valence-electron chi connectivity index (χ1n) is 9.47. The maximum Gasteiger partial charge on any atom is 0.253 e. The molecule has 148 valence electrons. The summed E-state index contributed by atoms with van der Waals surface area (Å²) >= 11 is 1.45. The largest absolute Gasteiger partial charge is 0.315 e. The summed E-state index contributed by atoms with van der Waals surface area (Å²) in [6, 6.07) is 6.05. The van der Waals surface area contributed by atoms with Gasteiger partial charge in [0, 0.05) is 16.4 Å². The van der Waals surface area contributed by atoms with Gasteiger partial charge in [0.2, 0.25) is 0 Å². The van der Waals surface area contributed by atoms with Crippen LogP contribution < -0.4 is 4.90 Å². The zero-order valence-electron chi connectivity index (χ0n) is 16.7. The molecule has 0 saturated carbocycles. The number of para-hydroxylation sites is 1. The number of fused-ring (bicyclic) bond motifs is 1. The van der Waals surface area contributed by atoms with Crippen molar-refractivity contribution in [2.75, 3.05) is 16.4 Å². The highest BCUT2D eigenvalue weighted by Gasteiger charge is 2.50. The number of carbonyl (C=O) groups excluding carboxylic acids is 1. The van der Waals surface area contributed by atoms with Crippen LogP contribution in [0, 0.1) is 5.41 Å². The molecule has 27 heavy (non-hydrogen) atoms. The molecule has 1 amide bonds. The minimum atomic E-state index is -3.07. The molecule has 0 unspecified atom stereocenters. The van der Waals surface area contributed by atoms with Gasteiger partial charge in [0.15, 0.2) is 15.0 Å². The van der Waals surface area contributed by atoms with E-state index in [4.69, 9.17) is 0 Å². The van der Waals surface area contributed by atoms with Crippen molar-refractivity contribution < 1.29 is 13.2 Å². The average Bonchev–Trinajstić information content (AvgIpc) is 3.04. The van der Waals surface area contributed by atoms with E-state index in [1.54, 1.807) is 0 Å². The van der Waals surface area contributed by atoms with Crippen molar-refractivity contribution in [2.45, 2.75) is 58.8 Å². The molecule has 1 aromatic rings. The highest BCUT2D eigenvalue weighted by Crippen LogP contribution is 2.43. The first-order chi connectivity index (χ1) is 12.6. The van der Waals surface area contributed by atoms with Crippen molar-refractivity contribution in [3.05, 3.63) is 29.3 Å². The molecule has 2 atom stereocenters. The summed E-state index contributed by atoms with van der Waals surface area (Å²) in [5.41, 5.74) is 2.80. The summed E-state index contributed by atoms with van der Waals surface area (Å²) in [5, 5.41) is 0.576. The van der Waals surface area contributed by atoms with Crippen molar-refractivity contribution in [3.8, 4) is 0 Å². The minimum Gasteiger partial charge on any atom is -0.315 e. The number of carbonyl (C=O) groups is 1. The van der Waals surface area contributed by atoms with Gasteiger partial charge in [0.1, 0.15) is 0 Å². The third-order valence-corrected chi connectivity index (χ3v) is 8.32. The first-order valence-corrected chi connectivity index (χ1v) is 12.2. The number of aryl methyl sites for hydroxylation is 2. The van der Waals surface area contributed by atoms with E-state index < -0.39 is 15.3 Å². The molecule has 3 rings (SSSR count). The molecule has 0 spiro atoms. The van der Waals surface area contributed by atoms with Crippen molar-refractivity contribution in [3.63, 3.8) is 0 Å². The quantitative estimate of drug-likeness (QED) is 0.766. The van der Waals surface area contributed by atoms with E-state index in [0.717, 1.165) is 29.7 Å². The molecular formula is C20H28N2O3S2. The Morgan fingerprint density at radius 3 is 2.30 bits per heavy atom. The Hall–Kier alpha value is -1.34. The van der Waals surface area contributed by atoms with Crippen LogP contribution in [0.25, 0.3) is 0 Å². The maximum absolute atomic E-state index is 12.6. The Morgan fingerprint density at radius 1 is 1.19 bits per heavy atom. The van der Waals surface area contributed by atoms with Crippen molar-refractivity contribution >= 4 is 38.4 Å². The molecule has 0 bridgehead atoms. The number of thioether (sulfide) groups is 1. The highest BCUT2D eigenvalue weighted by atomic mass is 32.2. The molecule has 0 aromatic heterocycles. The molecule has 5 nitrogen and oxygen atoms in total. The van der Waals surface area contributed by atoms with E-state index in [1.807, 2.05) is 26.8 Å². The molecule has 0 aliphatic carbocycles. The van der Waals surface area contributed by atoms with Gasteiger partial charge in [0.05, 0.1) is 17.5 Å². The summed E-state index contributed by atoms with van der Waals surface area (Å²) in [6.45, 7) is 9.76. The van der Waals surface area contributed by atoms with Gasteiger partial charge < -0.3 is 4.90 Å². The van der Waals surface area contributed by atoms with Crippen LogP contribution in [0.5, 0.6) is 0 Å². The molecule has 2 saturated heterocycles. The van der Waals surface area contributed by atoms with E-state index >= 15 is 0 Å². The number of amides is 1. The van der Waals surface area contributed by atoms with E-state index in [9.17, 15) is 13.2 Å². The third kappa shape index (κ3) is 3.94. The van der Waals surface area contributed by atoms with Gasteiger partial charge in [-0.2, -0.15) is 4.99 Å². The number of amidine groups is 1. The van der Waals surface area contributed by atoms with Crippen LogP contribution in [0.3, 0.4) is 0 Å². The summed E-state index contributed by atoms with van der Waals surface area (Å²) in [4.78, 5) is 19.1. The molecular weight excluding hydrogens is 380 g/mol. The van der Waals surface area contributed by atoms with Crippen LogP contribution in [0.4, 0.5) is 5.69 Å². The summed E-state index contributed by atoms with van der Waals surface area (Å²) in [7, 11) is -3.07. The van der Waals surface area contributed by atoms with Gasteiger partial charge in [-0.3, -0.25) is 4.79 Å². The Bertz CT molecular complexity index is 863. The van der Waals surface area contributed by atoms with Crippen LogP contribution in [0.1, 0.15) is 45.7 Å². The molecule has 7 heteroatoms. The zero-order chi connectivity index (χ0) is 20.0. The number of hydrogen-bond donors (Lipinski definition) is 0. The fourth-order valence-electron chi connectivity index (χ4n) is 3.61. The van der Waals surface area contributed by atoms with Gasteiger partial charge >= 0.3 is 0 Å². The van der Waals surface area contributed by atoms with Gasteiger partial charge in [0.25, 0.3) is 5.91 Å². The molecule has 2 aliphatic rings. The second kappa shape index (κ2) is 7.24. The summed E-state index contributed by atoms with van der Waals surface area (Å²) in [6.07, 6.45) is 1.68. The van der Waals surface area contributed by atoms with E-state index in [2.05, 4.69) is 35.9 Å². The number of sulfone groups is 1. The predicted molar refractivity (Wildman–Crippen MR) is 113 cm³/mol. The van der Waals surface area contributed by atoms with E-state index in [1.165, 1.54) is 11.8 Å².